The Morgan fingerprint density at radius 1 is 1.36 bits per heavy atom. The Morgan fingerprint density at radius 3 is 2.36 bits per heavy atom. The molecule has 1 aliphatic heterocycles. The van der Waals surface area contributed by atoms with Crippen molar-refractivity contribution in [2.45, 2.75) is 12.1 Å². The Kier molecular flexibility index (Phi) is 5.01. The fourth-order valence-electron chi connectivity index (χ4n) is 1.40. The molecule has 2 atom stereocenters. The lowest BCUT2D eigenvalue weighted by atomic mass is 10.2. The molecule has 11 heavy (non-hydrogen) atoms. The maximum atomic E-state index is 5.28. The van der Waals surface area contributed by atoms with Gasteiger partial charge >= 0.3 is 0 Å². The number of ether oxygens (including phenoxy) is 1. The van der Waals surface area contributed by atoms with Crippen LogP contribution < -0.4 is 5.32 Å². The maximum absolute atomic E-state index is 5.28. The lowest BCUT2D eigenvalue weighted by Gasteiger charge is -2.23. The number of rotatable bonds is 2. The van der Waals surface area contributed by atoms with Crippen molar-refractivity contribution in [3.8, 4) is 0 Å². The molecule has 3 nitrogen and oxygen atoms in total. The largest absolute Gasteiger partial charge is 0.378 e. The summed E-state index contributed by atoms with van der Waals surface area (Å²) in [5.41, 5.74) is 0. The van der Waals surface area contributed by atoms with Crippen LogP contribution in [-0.2, 0) is 4.74 Å². The van der Waals surface area contributed by atoms with Crippen molar-refractivity contribution in [2.75, 3.05) is 34.3 Å². The molecule has 1 saturated heterocycles. The standard InChI is InChI=1S/C7H16N2O.ClH/c1-9(2)6-4-8-5-7(6)10-3;/h6-8H,4-5H2,1-3H3;1H/t6-,7-;/m1./s1. The highest BCUT2D eigenvalue weighted by atomic mass is 35.5. The Hall–Kier alpha value is 0.170. The van der Waals surface area contributed by atoms with Gasteiger partial charge in [-0.2, -0.15) is 0 Å². The van der Waals surface area contributed by atoms with E-state index in [0.717, 1.165) is 13.1 Å². The Balaban J connectivity index is 0.000001000. The van der Waals surface area contributed by atoms with Gasteiger partial charge in [0.15, 0.2) is 0 Å². The van der Waals surface area contributed by atoms with Crippen LogP contribution >= 0.6 is 12.4 Å². The van der Waals surface area contributed by atoms with Gasteiger partial charge in [0, 0.05) is 26.2 Å². The molecule has 0 bridgehead atoms. The van der Waals surface area contributed by atoms with Crippen molar-refractivity contribution in [1.29, 1.82) is 0 Å². The van der Waals surface area contributed by atoms with E-state index in [4.69, 9.17) is 4.74 Å². The molecule has 1 rings (SSSR count). The van der Waals surface area contributed by atoms with Crippen LogP contribution in [0.25, 0.3) is 0 Å². The zero-order valence-corrected chi connectivity index (χ0v) is 8.15. The minimum atomic E-state index is 0. The molecular weight excluding hydrogens is 164 g/mol. The minimum absolute atomic E-state index is 0. The SMILES string of the molecule is CO[C@@H]1CNC[C@H]1N(C)C.Cl. The maximum Gasteiger partial charge on any atom is 0.0862 e. The average Bonchev–Trinajstić information content (AvgIpc) is 2.33. The summed E-state index contributed by atoms with van der Waals surface area (Å²) in [5, 5.41) is 3.29. The van der Waals surface area contributed by atoms with Crippen LogP contribution in [-0.4, -0.2) is 51.3 Å². The van der Waals surface area contributed by atoms with Gasteiger partial charge in [-0.15, -0.1) is 12.4 Å². The Labute approximate surface area is 74.5 Å². The highest BCUT2D eigenvalue weighted by molar-refractivity contribution is 5.85. The smallest absolute Gasteiger partial charge is 0.0862 e. The van der Waals surface area contributed by atoms with Gasteiger partial charge in [-0.1, -0.05) is 0 Å². The third-order valence-corrected chi connectivity index (χ3v) is 2.09. The van der Waals surface area contributed by atoms with Gasteiger partial charge in [0.2, 0.25) is 0 Å². The zero-order chi connectivity index (χ0) is 7.56. The fourth-order valence-corrected chi connectivity index (χ4v) is 1.40. The normalized spacial score (nSPS) is 30.5. The quantitative estimate of drug-likeness (QED) is 0.646. The third-order valence-electron chi connectivity index (χ3n) is 2.09. The van der Waals surface area contributed by atoms with Crippen molar-refractivity contribution in [2.24, 2.45) is 0 Å². The number of hydrogen-bond donors (Lipinski definition) is 1. The number of halogens is 1. The summed E-state index contributed by atoms with van der Waals surface area (Å²) in [6.45, 7) is 2.03. The molecular formula is C7H17ClN2O. The monoisotopic (exact) mass is 180 g/mol. The minimum Gasteiger partial charge on any atom is -0.378 e. The third kappa shape index (κ3) is 2.60. The molecule has 4 heteroatoms. The highest BCUT2D eigenvalue weighted by Gasteiger charge is 2.27. The molecule has 0 radical (unpaired) electrons. The first kappa shape index (κ1) is 11.2. The van der Waals surface area contributed by atoms with Crippen LogP contribution in [0.3, 0.4) is 0 Å². The summed E-state index contributed by atoms with van der Waals surface area (Å²) in [6, 6.07) is 0.546. The number of nitrogens with one attached hydrogen (secondary N) is 1. The molecule has 0 aromatic heterocycles. The van der Waals surface area contributed by atoms with E-state index in [2.05, 4.69) is 24.3 Å². The first-order valence-electron chi connectivity index (χ1n) is 3.65. The van der Waals surface area contributed by atoms with Crippen LogP contribution in [0.5, 0.6) is 0 Å². The molecule has 0 aromatic rings. The molecule has 1 aliphatic rings. The van der Waals surface area contributed by atoms with E-state index in [0.29, 0.717) is 12.1 Å². The first-order chi connectivity index (χ1) is 4.75. The van der Waals surface area contributed by atoms with Crippen LogP contribution in [0.2, 0.25) is 0 Å². The predicted molar refractivity (Wildman–Crippen MR) is 48.4 cm³/mol. The summed E-state index contributed by atoms with van der Waals surface area (Å²) in [7, 11) is 5.95. The second-order valence-electron chi connectivity index (χ2n) is 2.96. The lowest BCUT2D eigenvalue weighted by molar-refractivity contribution is 0.0636. The van der Waals surface area contributed by atoms with Gasteiger partial charge in [0.25, 0.3) is 0 Å². The Bertz CT molecular complexity index is 111. The van der Waals surface area contributed by atoms with Crippen molar-refractivity contribution in [3.63, 3.8) is 0 Å². The van der Waals surface area contributed by atoms with Gasteiger partial charge in [-0.25, -0.2) is 0 Å². The summed E-state index contributed by atoms with van der Waals surface area (Å²) in [4.78, 5) is 2.20. The molecule has 0 spiro atoms. The number of hydrogen-bond acceptors (Lipinski definition) is 3. The molecule has 1 heterocycles. The molecule has 0 amide bonds. The summed E-state index contributed by atoms with van der Waals surface area (Å²) >= 11 is 0. The zero-order valence-electron chi connectivity index (χ0n) is 7.33. The topological polar surface area (TPSA) is 24.5 Å². The summed E-state index contributed by atoms with van der Waals surface area (Å²) < 4.78 is 5.28. The van der Waals surface area contributed by atoms with E-state index in [1.165, 1.54) is 0 Å². The second-order valence-corrected chi connectivity index (χ2v) is 2.96. The number of methoxy groups -OCH3 is 1. The highest BCUT2D eigenvalue weighted by Crippen LogP contribution is 2.07. The van der Waals surface area contributed by atoms with Gasteiger partial charge < -0.3 is 15.0 Å². The molecule has 1 N–H and O–H groups in total. The molecule has 0 aliphatic carbocycles. The van der Waals surface area contributed by atoms with Crippen LogP contribution in [0.15, 0.2) is 0 Å². The predicted octanol–water partition coefficient (Wildman–Crippen LogP) is -0.0434. The number of likely N-dealkylation sites (N-methyl/N-ethyl adjacent to an activating group) is 1. The average molecular weight is 181 g/mol. The van der Waals surface area contributed by atoms with Gasteiger partial charge in [0.05, 0.1) is 6.10 Å². The molecule has 68 valence electrons. The van der Waals surface area contributed by atoms with Crippen molar-refractivity contribution in [1.82, 2.24) is 10.2 Å². The second kappa shape index (κ2) is 4.93. The summed E-state index contributed by atoms with van der Waals surface area (Å²) in [5.74, 6) is 0. The first-order valence-corrected chi connectivity index (χ1v) is 3.65. The van der Waals surface area contributed by atoms with E-state index in [1.54, 1.807) is 7.11 Å². The van der Waals surface area contributed by atoms with Gasteiger partial charge in [-0.05, 0) is 14.1 Å². The van der Waals surface area contributed by atoms with E-state index >= 15 is 0 Å². The van der Waals surface area contributed by atoms with Gasteiger partial charge in [0.1, 0.15) is 0 Å². The van der Waals surface area contributed by atoms with Crippen LogP contribution in [0.4, 0.5) is 0 Å². The lowest BCUT2D eigenvalue weighted by Crippen LogP contribution is -2.38. The summed E-state index contributed by atoms with van der Waals surface area (Å²) in [6.07, 6.45) is 0.370. The van der Waals surface area contributed by atoms with E-state index in [-0.39, 0.29) is 12.4 Å². The van der Waals surface area contributed by atoms with Crippen LogP contribution in [0, 0.1) is 0 Å². The fraction of sp³-hybridized carbons (Fsp3) is 1.00. The number of nitrogens with zero attached hydrogens (tertiary/aromatic N) is 1. The molecule has 0 aromatic carbocycles. The van der Waals surface area contributed by atoms with Crippen LogP contribution in [0.1, 0.15) is 0 Å². The molecule has 0 saturated carbocycles. The van der Waals surface area contributed by atoms with E-state index in [9.17, 15) is 0 Å². The molecule has 1 fully saturated rings. The van der Waals surface area contributed by atoms with Crippen molar-refractivity contribution in [3.05, 3.63) is 0 Å². The Morgan fingerprint density at radius 2 is 2.00 bits per heavy atom. The van der Waals surface area contributed by atoms with Crippen molar-refractivity contribution < 1.29 is 4.74 Å². The molecule has 0 unspecified atom stereocenters. The van der Waals surface area contributed by atoms with Gasteiger partial charge in [-0.3, -0.25) is 0 Å². The van der Waals surface area contributed by atoms with Crippen molar-refractivity contribution >= 4 is 12.4 Å². The van der Waals surface area contributed by atoms with E-state index < -0.39 is 0 Å². The van der Waals surface area contributed by atoms with E-state index in [1.807, 2.05) is 0 Å².